The van der Waals surface area contributed by atoms with Crippen molar-refractivity contribution < 1.29 is 18.9 Å². The molecule has 0 radical (unpaired) electrons. The van der Waals surface area contributed by atoms with Gasteiger partial charge in [0.1, 0.15) is 0 Å². The minimum absolute atomic E-state index is 0.131. The van der Waals surface area contributed by atoms with Crippen LogP contribution in [0.1, 0.15) is 49.9 Å². The third-order valence-corrected chi connectivity index (χ3v) is 5.13. The van der Waals surface area contributed by atoms with E-state index in [0.717, 1.165) is 17.3 Å². The summed E-state index contributed by atoms with van der Waals surface area (Å²) in [4.78, 5) is 23.0. The second-order valence-electron chi connectivity index (χ2n) is 6.58. The summed E-state index contributed by atoms with van der Waals surface area (Å²) in [5.41, 5.74) is 0.657. The minimum Gasteiger partial charge on any atom is -0.400 e. The SMILES string of the molecule is CC(=O)NCC(=Cc1ccsc1C=O)B1OC(C)(C)C(C)(C)O1. The maximum absolute atomic E-state index is 11.3. The van der Waals surface area contributed by atoms with E-state index in [4.69, 9.17) is 9.31 Å². The summed E-state index contributed by atoms with van der Waals surface area (Å²) in [7, 11) is -0.564. The Kier molecular flexibility index (Phi) is 5.13. The summed E-state index contributed by atoms with van der Waals surface area (Å²) in [6.45, 7) is 9.67. The first-order chi connectivity index (χ1) is 10.7. The summed E-state index contributed by atoms with van der Waals surface area (Å²) < 4.78 is 12.1. The zero-order chi connectivity index (χ0) is 17.3. The molecule has 0 spiro atoms. The molecule has 1 aliphatic rings. The molecule has 23 heavy (non-hydrogen) atoms. The lowest BCUT2D eigenvalue weighted by Crippen LogP contribution is -2.41. The van der Waals surface area contributed by atoms with Crippen LogP contribution in [0.3, 0.4) is 0 Å². The molecule has 124 valence electrons. The van der Waals surface area contributed by atoms with E-state index in [2.05, 4.69) is 5.32 Å². The molecule has 0 unspecified atom stereocenters. The summed E-state index contributed by atoms with van der Waals surface area (Å²) >= 11 is 1.38. The van der Waals surface area contributed by atoms with Crippen LogP contribution in [0.15, 0.2) is 16.9 Å². The molecule has 0 bridgehead atoms. The molecule has 1 aliphatic heterocycles. The lowest BCUT2D eigenvalue weighted by Gasteiger charge is -2.32. The molecule has 5 nitrogen and oxygen atoms in total. The number of carbonyl (C=O) groups is 2. The van der Waals surface area contributed by atoms with Gasteiger partial charge in [0.15, 0.2) is 6.29 Å². The molecule has 0 atom stereocenters. The Morgan fingerprint density at radius 2 is 1.91 bits per heavy atom. The van der Waals surface area contributed by atoms with Crippen LogP contribution in [0.25, 0.3) is 6.08 Å². The van der Waals surface area contributed by atoms with Gasteiger partial charge in [0.05, 0.1) is 16.1 Å². The third kappa shape index (κ3) is 3.91. The van der Waals surface area contributed by atoms with Crippen molar-refractivity contribution in [1.82, 2.24) is 5.32 Å². The molecule has 0 saturated carbocycles. The van der Waals surface area contributed by atoms with Gasteiger partial charge in [-0.2, -0.15) is 0 Å². The van der Waals surface area contributed by atoms with E-state index in [1.54, 1.807) is 0 Å². The highest BCUT2D eigenvalue weighted by Crippen LogP contribution is 2.38. The first kappa shape index (κ1) is 17.9. The topological polar surface area (TPSA) is 64.6 Å². The highest BCUT2D eigenvalue weighted by molar-refractivity contribution is 7.12. The van der Waals surface area contributed by atoms with Crippen LogP contribution >= 0.6 is 11.3 Å². The van der Waals surface area contributed by atoms with E-state index in [0.29, 0.717) is 11.4 Å². The maximum atomic E-state index is 11.3. The molecule has 7 heteroatoms. The fourth-order valence-corrected chi connectivity index (χ4v) is 2.85. The molecule has 0 aromatic carbocycles. The summed E-state index contributed by atoms with van der Waals surface area (Å²) in [6.07, 6.45) is 2.69. The Labute approximate surface area is 141 Å². The quantitative estimate of drug-likeness (QED) is 0.664. The molecule has 1 N–H and O–H groups in total. The Morgan fingerprint density at radius 3 is 2.43 bits per heavy atom. The standard InChI is InChI=1S/C16H22BNO4S/c1-11(20)18-9-13(8-12-6-7-23-14(12)10-19)17-21-15(2,3)16(4,5)22-17/h6-8,10H,9H2,1-5H3,(H,18,20). The Morgan fingerprint density at radius 1 is 1.30 bits per heavy atom. The molecule has 1 fully saturated rings. The summed E-state index contributed by atoms with van der Waals surface area (Å²) in [5, 5.41) is 4.63. The molecule has 1 aromatic heterocycles. The largest absolute Gasteiger partial charge is 0.492 e. The van der Waals surface area contributed by atoms with Crippen LogP contribution in [-0.4, -0.2) is 37.1 Å². The molecule has 2 heterocycles. The minimum atomic E-state index is -0.564. The number of carbonyl (C=O) groups excluding carboxylic acids is 2. The van der Waals surface area contributed by atoms with Gasteiger partial charge in [-0.15, -0.1) is 11.3 Å². The van der Waals surface area contributed by atoms with E-state index >= 15 is 0 Å². The maximum Gasteiger partial charge on any atom is 0.492 e. The molecule has 0 aliphatic carbocycles. The van der Waals surface area contributed by atoms with Crippen molar-refractivity contribution in [3.8, 4) is 0 Å². The predicted molar refractivity (Wildman–Crippen MR) is 92.4 cm³/mol. The van der Waals surface area contributed by atoms with Crippen LogP contribution in [0.5, 0.6) is 0 Å². The molecular weight excluding hydrogens is 313 g/mol. The Balaban J connectivity index is 2.32. The second kappa shape index (κ2) is 6.59. The van der Waals surface area contributed by atoms with Crippen molar-refractivity contribution in [1.29, 1.82) is 0 Å². The number of aldehydes is 1. The van der Waals surface area contributed by atoms with Crippen molar-refractivity contribution in [3.05, 3.63) is 27.4 Å². The van der Waals surface area contributed by atoms with Crippen molar-refractivity contribution in [2.75, 3.05) is 6.54 Å². The highest BCUT2D eigenvalue weighted by atomic mass is 32.1. The van der Waals surface area contributed by atoms with Crippen LogP contribution in [0.2, 0.25) is 0 Å². The number of hydrogen-bond acceptors (Lipinski definition) is 5. The smallest absolute Gasteiger partial charge is 0.400 e. The van der Waals surface area contributed by atoms with Crippen molar-refractivity contribution in [2.45, 2.75) is 45.8 Å². The predicted octanol–water partition coefficient (Wildman–Crippen LogP) is 2.71. The Hall–Kier alpha value is -1.44. The monoisotopic (exact) mass is 335 g/mol. The van der Waals surface area contributed by atoms with Gasteiger partial charge < -0.3 is 14.6 Å². The third-order valence-electron chi connectivity index (χ3n) is 4.27. The second-order valence-corrected chi connectivity index (χ2v) is 7.52. The number of nitrogens with one attached hydrogen (secondary N) is 1. The van der Waals surface area contributed by atoms with E-state index in [9.17, 15) is 9.59 Å². The fourth-order valence-electron chi connectivity index (χ4n) is 2.17. The Bertz CT molecular complexity index is 620. The average molecular weight is 335 g/mol. The van der Waals surface area contributed by atoms with Gasteiger partial charge in [-0.05, 0) is 50.2 Å². The molecule has 2 rings (SSSR count). The van der Waals surface area contributed by atoms with E-state index in [1.165, 1.54) is 18.3 Å². The van der Waals surface area contributed by atoms with Gasteiger partial charge in [-0.1, -0.05) is 6.08 Å². The van der Waals surface area contributed by atoms with Gasteiger partial charge >= 0.3 is 7.12 Å². The van der Waals surface area contributed by atoms with E-state index in [1.807, 2.05) is 45.2 Å². The lowest BCUT2D eigenvalue weighted by atomic mass is 9.77. The fraction of sp³-hybridized carbons (Fsp3) is 0.500. The van der Waals surface area contributed by atoms with Gasteiger partial charge in [-0.3, -0.25) is 9.59 Å². The zero-order valence-corrected chi connectivity index (χ0v) is 15.0. The first-order valence-corrected chi connectivity index (χ1v) is 8.37. The van der Waals surface area contributed by atoms with E-state index < -0.39 is 18.3 Å². The molecule has 1 amide bonds. The van der Waals surface area contributed by atoms with Crippen LogP contribution in [0, 0.1) is 0 Å². The van der Waals surface area contributed by atoms with Crippen molar-refractivity contribution in [2.24, 2.45) is 0 Å². The van der Waals surface area contributed by atoms with Gasteiger partial charge in [0.2, 0.25) is 5.91 Å². The lowest BCUT2D eigenvalue weighted by molar-refractivity contribution is -0.118. The first-order valence-electron chi connectivity index (χ1n) is 7.49. The average Bonchev–Trinajstić information content (AvgIpc) is 2.96. The van der Waals surface area contributed by atoms with Gasteiger partial charge in [-0.25, -0.2) is 0 Å². The number of amides is 1. The van der Waals surface area contributed by atoms with Crippen LogP contribution in [-0.2, 0) is 14.1 Å². The summed E-state index contributed by atoms with van der Waals surface area (Å²) in [6, 6.07) is 1.87. The number of rotatable bonds is 5. The molecular formula is C16H22BNO4S. The van der Waals surface area contributed by atoms with Gasteiger partial charge in [0.25, 0.3) is 0 Å². The van der Waals surface area contributed by atoms with Crippen molar-refractivity contribution >= 4 is 36.7 Å². The van der Waals surface area contributed by atoms with E-state index in [-0.39, 0.29) is 5.91 Å². The number of thiophene rings is 1. The van der Waals surface area contributed by atoms with Crippen LogP contribution < -0.4 is 5.32 Å². The van der Waals surface area contributed by atoms with Crippen LogP contribution in [0.4, 0.5) is 0 Å². The zero-order valence-electron chi connectivity index (χ0n) is 14.1. The van der Waals surface area contributed by atoms with Gasteiger partial charge in [0, 0.05) is 13.5 Å². The summed E-state index contributed by atoms with van der Waals surface area (Å²) in [5.74, 6) is -0.131. The molecule has 1 aromatic rings. The van der Waals surface area contributed by atoms with Crippen molar-refractivity contribution in [3.63, 3.8) is 0 Å². The molecule has 1 saturated heterocycles. The normalized spacial score (nSPS) is 19.7. The highest BCUT2D eigenvalue weighted by Gasteiger charge is 2.52. The number of hydrogen-bond donors (Lipinski definition) is 1.